The molecule has 0 aliphatic heterocycles. The van der Waals surface area contributed by atoms with E-state index >= 15 is 0 Å². The molecule has 0 saturated carbocycles. The Morgan fingerprint density at radius 1 is 0.269 bits per heavy atom. The van der Waals surface area contributed by atoms with Gasteiger partial charge in [0, 0.05) is 40.8 Å². The zero-order valence-electron chi connectivity index (χ0n) is 27.9. The Hall–Kier alpha value is -7.25. The molecule has 0 bridgehead atoms. The number of rotatable bonds is 7. The van der Waals surface area contributed by atoms with Crippen LogP contribution in [0.4, 0.5) is 0 Å². The van der Waals surface area contributed by atoms with E-state index in [4.69, 9.17) is 24.9 Å². The van der Waals surface area contributed by atoms with Crippen molar-refractivity contribution in [3.8, 4) is 79.3 Å². The predicted octanol–water partition coefficient (Wildman–Crippen LogP) is 10.3. The van der Waals surface area contributed by atoms with Crippen LogP contribution in [0.25, 0.3) is 90.1 Å². The van der Waals surface area contributed by atoms with Gasteiger partial charge < -0.3 is 0 Å². The van der Waals surface area contributed by atoms with Gasteiger partial charge in [0.05, 0.1) is 28.5 Å². The lowest BCUT2D eigenvalue weighted by atomic mass is 9.98. The number of hydrogen-bond donors (Lipinski definition) is 0. The monoisotopic (exact) mass is 667 g/mol. The lowest BCUT2D eigenvalue weighted by molar-refractivity contribution is 1.07. The third-order valence-electron chi connectivity index (χ3n) is 8.87. The average molecular weight is 668 g/mol. The molecular weight excluding hydrogens is 639 g/mol. The van der Waals surface area contributed by atoms with Gasteiger partial charge in [-0.1, -0.05) is 97.1 Å². The van der Waals surface area contributed by atoms with Gasteiger partial charge in [-0.2, -0.15) is 0 Å². The van der Waals surface area contributed by atoms with Crippen molar-refractivity contribution < 1.29 is 0 Å². The highest BCUT2D eigenvalue weighted by Crippen LogP contribution is 2.33. The number of nitrogens with zero attached hydrogens (tertiary/aromatic N) is 7. The zero-order valence-corrected chi connectivity index (χ0v) is 27.9. The van der Waals surface area contributed by atoms with Crippen LogP contribution in [0.3, 0.4) is 0 Å². The Labute approximate surface area is 300 Å². The summed E-state index contributed by atoms with van der Waals surface area (Å²) >= 11 is 0. The van der Waals surface area contributed by atoms with Crippen LogP contribution in [0, 0.1) is 0 Å². The molecule has 0 saturated heterocycles. The average Bonchev–Trinajstić information content (AvgIpc) is 3.24. The maximum atomic E-state index is 4.93. The first-order valence-corrected chi connectivity index (χ1v) is 17.0. The predicted molar refractivity (Wildman–Crippen MR) is 207 cm³/mol. The van der Waals surface area contributed by atoms with Gasteiger partial charge in [-0.25, -0.2) is 19.9 Å². The minimum Gasteiger partial charge on any atom is -0.255 e. The van der Waals surface area contributed by atoms with E-state index in [0.29, 0.717) is 17.5 Å². The van der Waals surface area contributed by atoms with E-state index in [1.54, 1.807) is 12.4 Å². The van der Waals surface area contributed by atoms with Gasteiger partial charge in [0.2, 0.25) is 0 Å². The summed E-state index contributed by atoms with van der Waals surface area (Å²) in [6.45, 7) is 0. The van der Waals surface area contributed by atoms with Gasteiger partial charge in [0.25, 0.3) is 0 Å². The van der Waals surface area contributed by atoms with E-state index in [1.165, 1.54) is 0 Å². The fourth-order valence-corrected chi connectivity index (χ4v) is 6.21. The lowest BCUT2D eigenvalue weighted by Gasteiger charge is -2.11. The largest absolute Gasteiger partial charge is 0.255 e. The van der Waals surface area contributed by atoms with Crippen LogP contribution in [-0.2, 0) is 0 Å². The Morgan fingerprint density at radius 3 is 1.29 bits per heavy atom. The van der Waals surface area contributed by atoms with Crippen LogP contribution in [0.15, 0.2) is 176 Å². The lowest BCUT2D eigenvalue weighted by Crippen LogP contribution is -2.00. The number of aromatic nitrogens is 7. The topological polar surface area (TPSA) is 90.2 Å². The molecule has 7 heteroatoms. The van der Waals surface area contributed by atoms with Gasteiger partial charge in [-0.15, -0.1) is 0 Å². The highest BCUT2D eigenvalue weighted by molar-refractivity contribution is 5.91. The molecule has 0 radical (unpaired) electrons. The number of pyridine rings is 4. The van der Waals surface area contributed by atoms with Crippen molar-refractivity contribution in [3.63, 3.8) is 0 Å². The molecule has 0 unspecified atom stereocenters. The second-order valence-electron chi connectivity index (χ2n) is 12.3. The van der Waals surface area contributed by atoms with Crippen molar-refractivity contribution >= 4 is 10.8 Å². The molecule has 5 heterocycles. The Morgan fingerprint density at radius 2 is 0.769 bits per heavy atom. The standard InChI is InChI=1S/C45H29N7/c1-3-11-30(12-4-1)43-50-44(31-13-5-2-6-14-31)52-45(51-43)36-21-22-38(48-29-36)35-20-19-32-25-34(18-17-33(32)26-35)37-27-41(39-15-7-9-23-46-39)49-42(28-37)40-16-8-10-24-47-40/h1-29H. The van der Waals surface area contributed by atoms with E-state index in [2.05, 4.69) is 58.5 Å². The minimum absolute atomic E-state index is 0.575. The molecule has 5 aromatic heterocycles. The van der Waals surface area contributed by atoms with E-state index in [0.717, 1.165) is 72.6 Å². The van der Waals surface area contributed by atoms with Gasteiger partial charge >= 0.3 is 0 Å². The first kappa shape index (κ1) is 30.8. The summed E-state index contributed by atoms with van der Waals surface area (Å²) in [6.07, 6.45) is 5.41. The smallest absolute Gasteiger partial charge is 0.165 e. The van der Waals surface area contributed by atoms with Crippen LogP contribution in [0.2, 0.25) is 0 Å². The van der Waals surface area contributed by atoms with Crippen molar-refractivity contribution in [1.82, 2.24) is 34.9 Å². The summed E-state index contributed by atoms with van der Waals surface area (Å²) in [5.74, 6) is 1.82. The molecule has 0 atom stereocenters. The fourth-order valence-electron chi connectivity index (χ4n) is 6.21. The molecule has 0 fully saturated rings. The van der Waals surface area contributed by atoms with Crippen molar-refractivity contribution in [2.45, 2.75) is 0 Å². The third-order valence-corrected chi connectivity index (χ3v) is 8.87. The normalized spacial score (nSPS) is 11.1. The van der Waals surface area contributed by atoms with E-state index in [-0.39, 0.29) is 0 Å². The van der Waals surface area contributed by atoms with E-state index in [1.807, 2.05) is 115 Å². The number of hydrogen-bond acceptors (Lipinski definition) is 7. The molecule has 9 rings (SSSR count). The molecule has 0 aliphatic rings. The van der Waals surface area contributed by atoms with Gasteiger partial charge in [-0.3, -0.25) is 15.0 Å². The molecule has 0 amide bonds. The first-order chi connectivity index (χ1) is 25.7. The molecule has 244 valence electrons. The summed E-state index contributed by atoms with van der Waals surface area (Å²) in [6, 6.07) is 52.9. The quantitative estimate of drug-likeness (QED) is 0.167. The van der Waals surface area contributed by atoms with Crippen LogP contribution >= 0.6 is 0 Å². The maximum Gasteiger partial charge on any atom is 0.165 e. The SMILES string of the molecule is c1ccc(-c2nc(-c3ccccc3)nc(-c3ccc(-c4ccc5cc(-c6cc(-c7ccccn7)nc(-c7ccccn7)c6)ccc5c4)nc3)n2)cc1. The van der Waals surface area contributed by atoms with Crippen LogP contribution in [0.1, 0.15) is 0 Å². The van der Waals surface area contributed by atoms with E-state index < -0.39 is 0 Å². The highest BCUT2D eigenvalue weighted by atomic mass is 15.0. The molecule has 0 N–H and O–H groups in total. The number of benzene rings is 4. The second kappa shape index (κ2) is 13.6. The van der Waals surface area contributed by atoms with Gasteiger partial charge in [-0.05, 0) is 82.6 Å². The molecule has 0 aliphatic carbocycles. The Bertz CT molecular complexity index is 2530. The molecule has 4 aromatic carbocycles. The number of fused-ring (bicyclic) bond motifs is 1. The van der Waals surface area contributed by atoms with Crippen LogP contribution < -0.4 is 0 Å². The Kier molecular flexibility index (Phi) is 8.04. The van der Waals surface area contributed by atoms with Gasteiger partial charge in [0.1, 0.15) is 0 Å². The maximum absolute atomic E-state index is 4.93. The summed E-state index contributed by atoms with van der Waals surface area (Å²) in [4.78, 5) is 33.4. The minimum atomic E-state index is 0.575. The van der Waals surface area contributed by atoms with Crippen molar-refractivity contribution in [1.29, 1.82) is 0 Å². The van der Waals surface area contributed by atoms with Gasteiger partial charge in [0.15, 0.2) is 17.5 Å². The highest BCUT2D eigenvalue weighted by Gasteiger charge is 2.14. The van der Waals surface area contributed by atoms with Crippen molar-refractivity contribution in [2.75, 3.05) is 0 Å². The Balaban J connectivity index is 1.04. The van der Waals surface area contributed by atoms with Crippen LogP contribution in [0.5, 0.6) is 0 Å². The zero-order chi connectivity index (χ0) is 34.7. The van der Waals surface area contributed by atoms with Crippen molar-refractivity contribution in [3.05, 3.63) is 176 Å². The summed E-state index contributed by atoms with van der Waals surface area (Å²) in [5.41, 5.74) is 9.92. The molecule has 52 heavy (non-hydrogen) atoms. The fraction of sp³-hybridized carbons (Fsp3) is 0. The van der Waals surface area contributed by atoms with E-state index in [9.17, 15) is 0 Å². The first-order valence-electron chi connectivity index (χ1n) is 17.0. The molecule has 9 aromatic rings. The summed E-state index contributed by atoms with van der Waals surface area (Å²) in [7, 11) is 0. The van der Waals surface area contributed by atoms with Crippen LogP contribution in [-0.4, -0.2) is 34.9 Å². The third kappa shape index (κ3) is 6.30. The second-order valence-corrected chi connectivity index (χ2v) is 12.3. The summed E-state index contributed by atoms with van der Waals surface area (Å²) < 4.78 is 0. The summed E-state index contributed by atoms with van der Waals surface area (Å²) in [5, 5.41) is 2.24. The molecule has 7 nitrogen and oxygen atoms in total. The van der Waals surface area contributed by atoms with Crippen molar-refractivity contribution in [2.24, 2.45) is 0 Å². The molecule has 0 spiro atoms. The molecular formula is C45H29N7.